The second-order valence-electron chi connectivity index (χ2n) is 7.34. The molecule has 156 valence electrons. The van der Waals surface area contributed by atoms with E-state index in [0.29, 0.717) is 27.7 Å². The van der Waals surface area contributed by atoms with Crippen LogP contribution in [0.2, 0.25) is 10.0 Å². The van der Waals surface area contributed by atoms with Crippen LogP contribution in [0.25, 0.3) is 0 Å². The minimum absolute atomic E-state index is 0.0402. The fourth-order valence-electron chi connectivity index (χ4n) is 2.78. The molecule has 0 aliphatic carbocycles. The first-order valence-corrected chi connectivity index (χ1v) is 10.2. The van der Waals surface area contributed by atoms with E-state index in [1.54, 1.807) is 37.3 Å². The Kier molecular flexibility index (Phi) is 8.47. The molecule has 0 aliphatic heterocycles. The first-order valence-electron chi connectivity index (χ1n) is 9.43. The summed E-state index contributed by atoms with van der Waals surface area (Å²) in [6, 6.07) is 10.2. The minimum atomic E-state index is -0.715. The summed E-state index contributed by atoms with van der Waals surface area (Å²) in [6.07, 6.45) is -0.0402. The number of hydrogen-bond donors (Lipinski definition) is 1. The van der Waals surface area contributed by atoms with Gasteiger partial charge in [0.1, 0.15) is 11.9 Å². The van der Waals surface area contributed by atoms with Crippen molar-refractivity contribution in [3.05, 3.63) is 69.5 Å². The van der Waals surface area contributed by atoms with E-state index in [9.17, 15) is 14.0 Å². The summed E-state index contributed by atoms with van der Waals surface area (Å²) < 4.78 is 13.2. The summed E-state index contributed by atoms with van der Waals surface area (Å²) in [5, 5.41) is 3.64. The monoisotopic (exact) mass is 438 g/mol. The van der Waals surface area contributed by atoms with Gasteiger partial charge < -0.3 is 10.2 Å². The number of hydrogen-bond acceptors (Lipinski definition) is 2. The van der Waals surface area contributed by atoms with Crippen LogP contribution in [0.4, 0.5) is 4.39 Å². The van der Waals surface area contributed by atoms with E-state index in [4.69, 9.17) is 23.2 Å². The molecule has 0 radical (unpaired) electrons. The molecule has 0 fully saturated rings. The number of amides is 2. The van der Waals surface area contributed by atoms with Gasteiger partial charge >= 0.3 is 0 Å². The predicted molar refractivity (Wildman–Crippen MR) is 114 cm³/mol. The van der Waals surface area contributed by atoms with Gasteiger partial charge in [0.15, 0.2) is 0 Å². The fraction of sp³-hybridized carbons (Fsp3) is 0.364. The summed E-state index contributed by atoms with van der Waals surface area (Å²) in [7, 11) is 0. The van der Waals surface area contributed by atoms with Gasteiger partial charge in [-0.3, -0.25) is 9.59 Å². The third kappa shape index (κ3) is 6.72. The Hall–Kier alpha value is -2.11. The molecule has 2 aromatic rings. The van der Waals surface area contributed by atoms with Gasteiger partial charge in [-0.2, -0.15) is 0 Å². The van der Waals surface area contributed by atoms with E-state index < -0.39 is 6.04 Å². The second kappa shape index (κ2) is 10.6. The Bertz CT molecular complexity index is 836. The highest BCUT2D eigenvalue weighted by atomic mass is 35.5. The number of carbonyl (C=O) groups excluding carboxylic acids is 2. The molecule has 1 N–H and O–H groups in total. The zero-order valence-corrected chi connectivity index (χ0v) is 18.2. The van der Waals surface area contributed by atoms with Crippen LogP contribution in [0.1, 0.15) is 31.9 Å². The predicted octanol–water partition coefficient (Wildman–Crippen LogP) is 4.86. The average Bonchev–Trinajstić information content (AvgIpc) is 2.67. The van der Waals surface area contributed by atoms with Crippen LogP contribution in [-0.2, 0) is 22.6 Å². The van der Waals surface area contributed by atoms with E-state index >= 15 is 0 Å². The third-order valence-electron chi connectivity index (χ3n) is 4.51. The molecule has 1 atom stereocenters. The Morgan fingerprint density at radius 2 is 1.62 bits per heavy atom. The molecule has 2 rings (SSSR count). The highest BCUT2D eigenvalue weighted by Crippen LogP contribution is 2.26. The lowest BCUT2D eigenvalue weighted by molar-refractivity contribution is -0.140. The van der Waals surface area contributed by atoms with Crippen molar-refractivity contribution >= 4 is 35.0 Å². The van der Waals surface area contributed by atoms with Crippen LogP contribution in [0.15, 0.2) is 42.5 Å². The van der Waals surface area contributed by atoms with Crippen molar-refractivity contribution in [1.29, 1.82) is 0 Å². The van der Waals surface area contributed by atoms with E-state index in [0.717, 1.165) is 0 Å². The lowest BCUT2D eigenvalue weighted by Crippen LogP contribution is -2.48. The molecule has 7 heteroatoms. The Morgan fingerprint density at radius 1 is 1.03 bits per heavy atom. The maximum absolute atomic E-state index is 13.2. The van der Waals surface area contributed by atoms with Crippen molar-refractivity contribution in [3.8, 4) is 0 Å². The molecule has 0 bridgehead atoms. The molecule has 2 amide bonds. The average molecular weight is 439 g/mol. The SMILES string of the molecule is CC(C)CNC(=O)[C@@H](C)N(Cc1ccc(F)cc1)C(=O)Cc1c(Cl)cccc1Cl. The van der Waals surface area contributed by atoms with Gasteiger partial charge in [0.05, 0.1) is 6.42 Å². The Labute approximate surface area is 181 Å². The fourth-order valence-corrected chi connectivity index (χ4v) is 3.31. The van der Waals surface area contributed by atoms with Gasteiger partial charge in [-0.25, -0.2) is 4.39 Å². The van der Waals surface area contributed by atoms with Gasteiger partial charge in [0.2, 0.25) is 11.8 Å². The zero-order chi connectivity index (χ0) is 21.6. The largest absolute Gasteiger partial charge is 0.354 e. The van der Waals surface area contributed by atoms with Crippen molar-refractivity contribution in [1.82, 2.24) is 10.2 Å². The van der Waals surface area contributed by atoms with Crippen LogP contribution < -0.4 is 5.32 Å². The topological polar surface area (TPSA) is 49.4 Å². The van der Waals surface area contributed by atoms with Crippen molar-refractivity contribution in [2.45, 2.75) is 39.8 Å². The van der Waals surface area contributed by atoms with Gasteiger partial charge in [-0.05, 0) is 48.2 Å². The molecule has 0 heterocycles. The zero-order valence-electron chi connectivity index (χ0n) is 16.7. The molecule has 29 heavy (non-hydrogen) atoms. The summed E-state index contributed by atoms with van der Waals surface area (Å²) in [6.45, 7) is 6.33. The number of nitrogens with zero attached hydrogens (tertiary/aromatic N) is 1. The summed E-state index contributed by atoms with van der Waals surface area (Å²) in [5.74, 6) is -0.623. The standard InChI is InChI=1S/C22H25Cl2FN2O2/c1-14(2)12-26-22(29)15(3)27(13-16-7-9-17(25)10-8-16)21(28)11-18-19(23)5-4-6-20(18)24/h4-10,14-15H,11-13H2,1-3H3,(H,26,29)/t15-/m1/s1. The first kappa shape index (κ1) is 23.2. The lowest BCUT2D eigenvalue weighted by atomic mass is 10.1. The molecular weight excluding hydrogens is 414 g/mol. The van der Waals surface area contributed by atoms with E-state index in [2.05, 4.69) is 5.32 Å². The van der Waals surface area contributed by atoms with Crippen LogP contribution in [0.5, 0.6) is 0 Å². The molecule has 0 saturated carbocycles. The summed E-state index contributed by atoms with van der Waals surface area (Å²) >= 11 is 12.4. The highest BCUT2D eigenvalue weighted by molar-refractivity contribution is 6.36. The van der Waals surface area contributed by atoms with Gasteiger partial charge in [-0.1, -0.05) is 55.2 Å². The van der Waals surface area contributed by atoms with Crippen molar-refractivity contribution in [2.24, 2.45) is 5.92 Å². The van der Waals surface area contributed by atoms with Crippen molar-refractivity contribution in [3.63, 3.8) is 0 Å². The number of nitrogens with one attached hydrogen (secondary N) is 1. The molecule has 2 aromatic carbocycles. The molecule has 4 nitrogen and oxygen atoms in total. The van der Waals surface area contributed by atoms with E-state index in [1.165, 1.54) is 17.0 Å². The molecule has 0 aliphatic rings. The lowest BCUT2D eigenvalue weighted by Gasteiger charge is -2.29. The van der Waals surface area contributed by atoms with E-state index in [1.807, 2.05) is 13.8 Å². The molecule has 0 aromatic heterocycles. The van der Waals surface area contributed by atoms with Gasteiger partial charge in [0.25, 0.3) is 0 Å². The maximum atomic E-state index is 13.2. The van der Waals surface area contributed by atoms with Gasteiger partial charge in [0, 0.05) is 23.1 Å². The Balaban J connectivity index is 2.26. The minimum Gasteiger partial charge on any atom is -0.354 e. The molecule has 0 unspecified atom stereocenters. The molecular formula is C22H25Cl2FN2O2. The molecule has 0 spiro atoms. The Morgan fingerprint density at radius 3 is 2.17 bits per heavy atom. The number of rotatable bonds is 8. The van der Waals surface area contributed by atoms with Crippen molar-refractivity contribution in [2.75, 3.05) is 6.54 Å². The first-order chi connectivity index (χ1) is 13.7. The van der Waals surface area contributed by atoms with E-state index in [-0.39, 0.29) is 36.5 Å². The van der Waals surface area contributed by atoms with Crippen LogP contribution >= 0.6 is 23.2 Å². The summed E-state index contributed by atoms with van der Waals surface area (Å²) in [5.41, 5.74) is 1.23. The second-order valence-corrected chi connectivity index (χ2v) is 8.15. The number of benzene rings is 2. The molecule has 0 saturated heterocycles. The third-order valence-corrected chi connectivity index (χ3v) is 5.22. The smallest absolute Gasteiger partial charge is 0.242 e. The summed E-state index contributed by atoms with van der Waals surface area (Å²) in [4.78, 5) is 27.2. The maximum Gasteiger partial charge on any atom is 0.242 e. The van der Waals surface area contributed by atoms with Crippen LogP contribution in [0, 0.1) is 11.7 Å². The quantitative estimate of drug-likeness (QED) is 0.639. The van der Waals surface area contributed by atoms with Crippen LogP contribution in [0.3, 0.4) is 0 Å². The van der Waals surface area contributed by atoms with Crippen molar-refractivity contribution < 1.29 is 14.0 Å². The number of carbonyl (C=O) groups is 2. The number of halogens is 3. The van der Waals surface area contributed by atoms with Gasteiger partial charge in [-0.15, -0.1) is 0 Å². The highest BCUT2D eigenvalue weighted by Gasteiger charge is 2.27. The van der Waals surface area contributed by atoms with Crippen LogP contribution in [-0.4, -0.2) is 29.3 Å². The normalized spacial score (nSPS) is 12.0.